The molecule has 4 heteroatoms. The first kappa shape index (κ1) is 14.6. The normalized spacial score (nSPS) is 16.4. The van der Waals surface area contributed by atoms with Gasteiger partial charge in [-0.2, -0.15) is 0 Å². The monoisotopic (exact) mass is 345 g/mol. The largest absolute Gasteiger partial charge is 0.306 e. The number of hydrogen-bond acceptors (Lipinski definition) is 2. The molecule has 3 nitrogen and oxygen atoms in total. The van der Waals surface area contributed by atoms with E-state index in [2.05, 4.69) is 37.3 Å². The maximum absolute atomic E-state index is 5.56. The molecular weight excluding hydrogens is 326 g/mol. The highest BCUT2D eigenvalue weighted by Crippen LogP contribution is 2.24. The molecule has 1 saturated carbocycles. The summed E-state index contributed by atoms with van der Waals surface area (Å²) in [7, 11) is 0. The standard InChI is InChI=1S/C17H20BrN3/c1-2-10-20(16-6-4-3-5-7-16)12-15-13-21-11-14(18)8-9-17(21)19-15/h1,8-9,11,13,16H,3-7,10,12H2. The molecule has 0 aliphatic heterocycles. The van der Waals surface area contributed by atoms with Crippen LogP contribution < -0.4 is 0 Å². The van der Waals surface area contributed by atoms with Crippen LogP contribution in [0.15, 0.2) is 29.0 Å². The van der Waals surface area contributed by atoms with Crippen LogP contribution in [0.5, 0.6) is 0 Å². The van der Waals surface area contributed by atoms with Crippen LogP contribution in [-0.2, 0) is 6.54 Å². The lowest BCUT2D eigenvalue weighted by Gasteiger charge is -2.32. The third kappa shape index (κ3) is 3.48. The Morgan fingerprint density at radius 2 is 2.10 bits per heavy atom. The van der Waals surface area contributed by atoms with Crippen molar-refractivity contribution in [2.75, 3.05) is 6.54 Å². The van der Waals surface area contributed by atoms with E-state index in [9.17, 15) is 0 Å². The number of terminal acetylenes is 1. The first-order valence-corrected chi connectivity index (χ1v) is 8.36. The summed E-state index contributed by atoms with van der Waals surface area (Å²) in [6, 6.07) is 4.66. The maximum Gasteiger partial charge on any atom is 0.137 e. The molecule has 2 aromatic rings. The second-order valence-electron chi connectivity index (χ2n) is 5.75. The van der Waals surface area contributed by atoms with Gasteiger partial charge in [-0.05, 0) is 40.9 Å². The zero-order valence-electron chi connectivity index (χ0n) is 12.1. The van der Waals surface area contributed by atoms with Gasteiger partial charge >= 0.3 is 0 Å². The summed E-state index contributed by atoms with van der Waals surface area (Å²) in [5, 5.41) is 0. The zero-order chi connectivity index (χ0) is 14.7. The average molecular weight is 346 g/mol. The molecule has 0 N–H and O–H groups in total. The lowest BCUT2D eigenvalue weighted by molar-refractivity contribution is 0.166. The van der Waals surface area contributed by atoms with Gasteiger partial charge in [0, 0.05) is 29.5 Å². The summed E-state index contributed by atoms with van der Waals surface area (Å²) >= 11 is 3.49. The van der Waals surface area contributed by atoms with Gasteiger partial charge in [0.15, 0.2) is 0 Å². The van der Waals surface area contributed by atoms with E-state index in [1.807, 2.05) is 18.3 Å². The van der Waals surface area contributed by atoms with Crippen LogP contribution in [0.1, 0.15) is 37.8 Å². The molecular formula is C17H20BrN3. The fourth-order valence-electron chi connectivity index (χ4n) is 3.18. The lowest BCUT2D eigenvalue weighted by atomic mass is 9.94. The number of imidazole rings is 1. The number of fused-ring (bicyclic) bond motifs is 1. The quantitative estimate of drug-likeness (QED) is 0.784. The summed E-state index contributed by atoms with van der Waals surface area (Å²) < 4.78 is 3.13. The number of pyridine rings is 1. The Bertz CT molecular complexity index is 650. The van der Waals surface area contributed by atoms with Crippen LogP contribution in [0.3, 0.4) is 0 Å². The van der Waals surface area contributed by atoms with Crippen molar-refractivity contribution in [2.45, 2.75) is 44.7 Å². The number of hydrogen-bond donors (Lipinski definition) is 0. The van der Waals surface area contributed by atoms with Gasteiger partial charge in [0.2, 0.25) is 0 Å². The Morgan fingerprint density at radius 1 is 1.29 bits per heavy atom. The van der Waals surface area contributed by atoms with Gasteiger partial charge < -0.3 is 4.40 Å². The molecule has 0 atom stereocenters. The molecule has 1 fully saturated rings. The maximum atomic E-state index is 5.56. The molecule has 3 rings (SSSR count). The molecule has 0 bridgehead atoms. The molecule has 1 aliphatic carbocycles. The molecule has 0 radical (unpaired) electrons. The van der Waals surface area contributed by atoms with Crippen molar-refractivity contribution in [3.8, 4) is 12.3 Å². The van der Waals surface area contributed by atoms with Gasteiger partial charge in [0.25, 0.3) is 0 Å². The van der Waals surface area contributed by atoms with Crippen LogP contribution in [0.4, 0.5) is 0 Å². The van der Waals surface area contributed by atoms with E-state index in [0.717, 1.165) is 22.4 Å². The van der Waals surface area contributed by atoms with E-state index in [4.69, 9.17) is 11.4 Å². The number of halogens is 1. The average Bonchev–Trinajstić information content (AvgIpc) is 2.89. The molecule has 0 amide bonds. The third-order valence-corrected chi connectivity index (χ3v) is 4.68. The lowest BCUT2D eigenvalue weighted by Crippen LogP contribution is -2.36. The van der Waals surface area contributed by atoms with E-state index in [1.165, 1.54) is 32.1 Å². The van der Waals surface area contributed by atoms with E-state index in [-0.39, 0.29) is 0 Å². The van der Waals surface area contributed by atoms with Crippen molar-refractivity contribution in [1.29, 1.82) is 0 Å². The second kappa shape index (κ2) is 6.64. The Labute approximate surface area is 134 Å². The van der Waals surface area contributed by atoms with Crippen LogP contribution >= 0.6 is 15.9 Å². The van der Waals surface area contributed by atoms with Gasteiger partial charge in [-0.15, -0.1) is 6.42 Å². The first-order valence-electron chi connectivity index (χ1n) is 7.57. The van der Waals surface area contributed by atoms with Crippen molar-refractivity contribution in [3.05, 3.63) is 34.7 Å². The predicted octanol–water partition coefficient (Wildman–Crippen LogP) is 3.86. The van der Waals surface area contributed by atoms with Crippen molar-refractivity contribution in [2.24, 2.45) is 0 Å². The number of rotatable bonds is 4. The Balaban J connectivity index is 1.78. The molecule has 0 saturated heterocycles. The number of nitrogens with zero attached hydrogens (tertiary/aromatic N) is 3. The summed E-state index contributed by atoms with van der Waals surface area (Å²) in [5.74, 6) is 2.81. The summed E-state index contributed by atoms with van der Waals surface area (Å²) in [6.45, 7) is 1.55. The highest BCUT2D eigenvalue weighted by molar-refractivity contribution is 9.10. The van der Waals surface area contributed by atoms with Gasteiger partial charge in [0.05, 0.1) is 12.2 Å². The summed E-state index contributed by atoms with van der Waals surface area (Å²) in [4.78, 5) is 7.12. The smallest absolute Gasteiger partial charge is 0.137 e. The molecule has 1 aliphatic rings. The molecule has 0 unspecified atom stereocenters. The van der Waals surface area contributed by atoms with Gasteiger partial charge in [-0.1, -0.05) is 25.2 Å². The molecule has 2 heterocycles. The molecule has 2 aromatic heterocycles. The van der Waals surface area contributed by atoms with Crippen LogP contribution in [0.2, 0.25) is 0 Å². The van der Waals surface area contributed by atoms with E-state index < -0.39 is 0 Å². The predicted molar refractivity (Wildman–Crippen MR) is 89.0 cm³/mol. The summed E-state index contributed by atoms with van der Waals surface area (Å²) in [6.07, 6.45) is 16.2. The second-order valence-corrected chi connectivity index (χ2v) is 6.66. The minimum atomic E-state index is 0.617. The van der Waals surface area contributed by atoms with Crippen LogP contribution in [0, 0.1) is 12.3 Å². The fourth-order valence-corrected chi connectivity index (χ4v) is 3.53. The van der Waals surface area contributed by atoms with Gasteiger partial charge in [-0.25, -0.2) is 4.98 Å². The van der Waals surface area contributed by atoms with E-state index in [1.54, 1.807) is 0 Å². The number of aromatic nitrogens is 2. The molecule has 110 valence electrons. The van der Waals surface area contributed by atoms with Crippen molar-refractivity contribution >= 4 is 21.6 Å². The van der Waals surface area contributed by atoms with Gasteiger partial charge in [-0.3, -0.25) is 4.90 Å². The third-order valence-electron chi connectivity index (χ3n) is 4.22. The minimum Gasteiger partial charge on any atom is -0.306 e. The minimum absolute atomic E-state index is 0.617. The van der Waals surface area contributed by atoms with Gasteiger partial charge in [0.1, 0.15) is 5.65 Å². The highest BCUT2D eigenvalue weighted by atomic mass is 79.9. The molecule has 0 spiro atoms. The Hall–Kier alpha value is -1.31. The topological polar surface area (TPSA) is 20.5 Å². The zero-order valence-corrected chi connectivity index (χ0v) is 13.7. The first-order chi connectivity index (χ1) is 10.3. The Kier molecular flexibility index (Phi) is 4.62. The fraction of sp³-hybridized carbons (Fsp3) is 0.471. The molecule has 21 heavy (non-hydrogen) atoms. The SMILES string of the molecule is C#CCN(Cc1cn2cc(Br)ccc2n1)C1CCCCC1. The van der Waals surface area contributed by atoms with E-state index in [0.29, 0.717) is 12.6 Å². The molecule has 0 aromatic carbocycles. The van der Waals surface area contributed by atoms with Crippen molar-refractivity contribution < 1.29 is 0 Å². The highest BCUT2D eigenvalue weighted by Gasteiger charge is 2.21. The van der Waals surface area contributed by atoms with E-state index >= 15 is 0 Å². The summed E-state index contributed by atoms with van der Waals surface area (Å²) in [5.41, 5.74) is 2.08. The Morgan fingerprint density at radius 3 is 2.86 bits per heavy atom. The van der Waals surface area contributed by atoms with Crippen molar-refractivity contribution in [1.82, 2.24) is 14.3 Å². The van der Waals surface area contributed by atoms with Crippen LogP contribution in [0.25, 0.3) is 5.65 Å². The van der Waals surface area contributed by atoms with Crippen LogP contribution in [-0.4, -0.2) is 26.9 Å². The van der Waals surface area contributed by atoms with Crippen molar-refractivity contribution in [3.63, 3.8) is 0 Å².